The lowest BCUT2D eigenvalue weighted by Crippen LogP contribution is -2.34. The highest BCUT2D eigenvalue weighted by atomic mass is 32.2. The molecule has 0 atom stereocenters. The fourth-order valence-electron chi connectivity index (χ4n) is 2.75. The molecule has 1 aromatic heterocycles. The molecule has 0 radical (unpaired) electrons. The molecule has 122 valence electrons. The minimum atomic E-state index is -2.87. The van der Waals surface area contributed by atoms with Gasteiger partial charge in [-0.1, -0.05) is 12.1 Å². The van der Waals surface area contributed by atoms with Crippen LogP contribution < -0.4 is 5.32 Å². The molecule has 7 heteroatoms. The Bertz CT molecular complexity index is 771. The maximum Gasteiger partial charge on any atom is 0.253 e. The summed E-state index contributed by atoms with van der Waals surface area (Å²) in [6, 6.07) is 9.08. The molecule has 2 heterocycles. The van der Waals surface area contributed by atoms with Crippen LogP contribution in [0.25, 0.3) is 5.69 Å². The van der Waals surface area contributed by atoms with Crippen LogP contribution in [0.4, 0.5) is 0 Å². The van der Waals surface area contributed by atoms with Crippen molar-refractivity contribution >= 4 is 15.7 Å². The number of nitrogens with zero attached hydrogens (tertiary/aromatic N) is 2. The standard InChI is InChI=1S/C16H19N3O3S/c20-16(17-12-13-6-10-23(21,22)11-7-13)14-4-1-2-5-15(14)19-9-3-8-18-19/h1-5,8-9,13H,6-7,10-12H2,(H,17,20). The van der Waals surface area contributed by atoms with Gasteiger partial charge in [-0.05, 0) is 37.0 Å². The Morgan fingerprint density at radius 3 is 2.65 bits per heavy atom. The zero-order valence-electron chi connectivity index (χ0n) is 12.7. The third-order valence-corrected chi connectivity index (χ3v) is 5.84. The van der Waals surface area contributed by atoms with Gasteiger partial charge in [0.2, 0.25) is 0 Å². The average molecular weight is 333 g/mol. The number of benzene rings is 1. The third-order valence-electron chi connectivity index (χ3n) is 4.13. The van der Waals surface area contributed by atoms with Gasteiger partial charge in [0.05, 0.1) is 22.8 Å². The number of para-hydroxylation sites is 1. The Labute approximate surface area is 135 Å². The van der Waals surface area contributed by atoms with E-state index in [1.807, 2.05) is 18.2 Å². The maximum atomic E-state index is 12.5. The van der Waals surface area contributed by atoms with Crippen LogP contribution in [0.1, 0.15) is 23.2 Å². The summed E-state index contributed by atoms with van der Waals surface area (Å²) < 4.78 is 24.5. The van der Waals surface area contributed by atoms with E-state index >= 15 is 0 Å². The first-order valence-electron chi connectivity index (χ1n) is 7.63. The van der Waals surface area contributed by atoms with Crippen molar-refractivity contribution in [1.29, 1.82) is 0 Å². The first-order chi connectivity index (χ1) is 11.1. The fraction of sp³-hybridized carbons (Fsp3) is 0.375. The molecule has 0 saturated carbocycles. The van der Waals surface area contributed by atoms with E-state index < -0.39 is 9.84 Å². The van der Waals surface area contributed by atoms with Crippen LogP contribution in [-0.2, 0) is 9.84 Å². The molecule has 1 saturated heterocycles. The van der Waals surface area contributed by atoms with Gasteiger partial charge in [0, 0.05) is 18.9 Å². The fourth-order valence-corrected chi connectivity index (χ4v) is 4.34. The van der Waals surface area contributed by atoms with Crippen molar-refractivity contribution in [2.45, 2.75) is 12.8 Å². The highest BCUT2D eigenvalue weighted by molar-refractivity contribution is 7.91. The predicted molar refractivity (Wildman–Crippen MR) is 87.3 cm³/mol. The minimum Gasteiger partial charge on any atom is -0.352 e. The van der Waals surface area contributed by atoms with E-state index in [9.17, 15) is 13.2 Å². The van der Waals surface area contributed by atoms with Gasteiger partial charge >= 0.3 is 0 Å². The summed E-state index contributed by atoms with van der Waals surface area (Å²) in [5.74, 6) is 0.498. The first kappa shape index (κ1) is 15.7. The second kappa shape index (κ2) is 6.54. The molecular formula is C16H19N3O3S. The summed E-state index contributed by atoms with van der Waals surface area (Å²) >= 11 is 0. The number of hydrogen-bond donors (Lipinski definition) is 1. The van der Waals surface area contributed by atoms with Crippen LogP contribution in [0.15, 0.2) is 42.7 Å². The Morgan fingerprint density at radius 1 is 1.22 bits per heavy atom. The third kappa shape index (κ3) is 3.79. The molecule has 1 aliphatic rings. The molecule has 1 aromatic carbocycles. The molecule has 1 amide bonds. The molecule has 0 spiro atoms. The molecule has 1 N–H and O–H groups in total. The van der Waals surface area contributed by atoms with Crippen LogP contribution in [0.2, 0.25) is 0 Å². The van der Waals surface area contributed by atoms with Gasteiger partial charge in [0.25, 0.3) is 5.91 Å². The molecule has 0 unspecified atom stereocenters. The van der Waals surface area contributed by atoms with E-state index in [-0.39, 0.29) is 23.3 Å². The van der Waals surface area contributed by atoms with E-state index in [2.05, 4.69) is 10.4 Å². The molecule has 23 heavy (non-hydrogen) atoms. The lowest BCUT2D eigenvalue weighted by molar-refractivity contribution is 0.0946. The van der Waals surface area contributed by atoms with Crippen LogP contribution >= 0.6 is 0 Å². The highest BCUT2D eigenvalue weighted by Gasteiger charge is 2.24. The van der Waals surface area contributed by atoms with Gasteiger partial charge < -0.3 is 5.32 Å². The van der Waals surface area contributed by atoms with Crippen molar-refractivity contribution in [2.75, 3.05) is 18.1 Å². The van der Waals surface area contributed by atoms with Crippen LogP contribution in [-0.4, -0.2) is 42.2 Å². The predicted octanol–water partition coefficient (Wildman–Crippen LogP) is 1.43. The molecule has 0 bridgehead atoms. The van der Waals surface area contributed by atoms with E-state index in [0.717, 1.165) is 5.69 Å². The lowest BCUT2D eigenvalue weighted by Gasteiger charge is -2.22. The Balaban J connectivity index is 1.66. The molecule has 3 rings (SSSR count). The van der Waals surface area contributed by atoms with Crippen LogP contribution in [0, 0.1) is 5.92 Å². The lowest BCUT2D eigenvalue weighted by atomic mass is 10.0. The molecule has 1 fully saturated rings. The molecule has 2 aromatic rings. The number of carbonyl (C=O) groups excluding carboxylic acids is 1. The summed E-state index contributed by atoms with van der Waals surface area (Å²) in [6.07, 6.45) is 4.68. The van der Waals surface area contributed by atoms with E-state index in [1.54, 1.807) is 29.2 Å². The Morgan fingerprint density at radius 2 is 1.96 bits per heavy atom. The van der Waals surface area contributed by atoms with E-state index in [4.69, 9.17) is 0 Å². The second-order valence-corrected chi connectivity index (χ2v) is 8.08. The number of aromatic nitrogens is 2. The summed E-state index contributed by atoms with van der Waals surface area (Å²) in [7, 11) is -2.87. The summed E-state index contributed by atoms with van der Waals surface area (Å²) in [5, 5.41) is 7.09. The first-order valence-corrected chi connectivity index (χ1v) is 9.45. The number of sulfone groups is 1. The van der Waals surface area contributed by atoms with Gasteiger partial charge in [-0.3, -0.25) is 4.79 Å². The zero-order valence-corrected chi connectivity index (χ0v) is 13.5. The number of nitrogens with one attached hydrogen (secondary N) is 1. The van der Waals surface area contributed by atoms with Crippen molar-refractivity contribution in [1.82, 2.24) is 15.1 Å². The average Bonchev–Trinajstić information content (AvgIpc) is 3.08. The Kier molecular flexibility index (Phi) is 4.47. The van der Waals surface area contributed by atoms with Crippen molar-refractivity contribution in [3.8, 4) is 5.69 Å². The SMILES string of the molecule is O=C(NCC1CCS(=O)(=O)CC1)c1ccccc1-n1cccn1. The number of rotatable bonds is 4. The van der Waals surface area contributed by atoms with Gasteiger partial charge in [-0.25, -0.2) is 13.1 Å². The Hall–Kier alpha value is -2.15. The van der Waals surface area contributed by atoms with Crippen molar-refractivity contribution < 1.29 is 13.2 Å². The quantitative estimate of drug-likeness (QED) is 0.918. The summed E-state index contributed by atoms with van der Waals surface area (Å²) in [6.45, 7) is 0.502. The molecule has 0 aliphatic carbocycles. The molecule has 6 nitrogen and oxygen atoms in total. The monoisotopic (exact) mass is 333 g/mol. The van der Waals surface area contributed by atoms with Gasteiger partial charge in [-0.2, -0.15) is 5.10 Å². The largest absolute Gasteiger partial charge is 0.352 e. The smallest absolute Gasteiger partial charge is 0.253 e. The van der Waals surface area contributed by atoms with E-state index in [1.165, 1.54) is 0 Å². The number of hydrogen-bond acceptors (Lipinski definition) is 4. The van der Waals surface area contributed by atoms with Crippen molar-refractivity contribution in [3.63, 3.8) is 0 Å². The normalized spacial score (nSPS) is 17.7. The zero-order chi connectivity index (χ0) is 16.3. The molecule has 1 aliphatic heterocycles. The minimum absolute atomic E-state index is 0.162. The topological polar surface area (TPSA) is 81.1 Å². The summed E-state index contributed by atoms with van der Waals surface area (Å²) in [5.41, 5.74) is 1.28. The van der Waals surface area contributed by atoms with Crippen LogP contribution in [0.5, 0.6) is 0 Å². The highest BCUT2D eigenvalue weighted by Crippen LogP contribution is 2.19. The van der Waals surface area contributed by atoms with Gasteiger partial charge in [-0.15, -0.1) is 0 Å². The van der Waals surface area contributed by atoms with Gasteiger partial charge in [0.1, 0.15) is 9.84 Å². The maximum absolute atomic E-state index is 12.5. The summed E-state index contributed by atoms with van der Waals surface area (Å²) in [4.78, 5) is 12.5. The number of amides is 1. The van der Waals surface area contributed by atoms with Crippen molar-refractivity contribution in [2.24, 2.45) is 5.92 Å². The van der Waals surface area contributed by atoms with E-state index in [0.29, 0.717) is 24.9 Å². The van der Waals surface area contributed by atoms with Crippen molar-refractivity contribution in [3.05, 3.63) is 48.3 Å². The second-order valence-electron chi connectivity index (χ2n) is 5.77. The number of carbonyl (C=O) groups is 1. The molecular weight excluding hydrogens is 314 g/mol. The van der Waals surface area contributed by atoms with Gasteiger partial charge in [0.15, 0.2) is 0 Å². The van der Waals surface area contributed by atoms with Crippen LogP contribution in [0.3, 0.4) is 0 Å².